The third kappa shape index (κ3) is 6.78. The molecular formula is C18H25N2O4S-. The summed E-state index contributed by atoms with van der Waals surface area (Å²) in [4.78, 5) is 36.0. The van der Waals surface area contributed by atoms with Gasteiger partial charge in [0.05, 0.1) is 12.0 Å². The molecule has 0 saturated carbocycles. The van der Waals surface area contributed by atoms with Gasteiger partial charge in [0.1, 0.15) is 6.04 Å². The number of carboxylic acid groups (broad SMARTS) is 1. The molecule has 0 bridgehead atoms. The molecule has 0 aliphatic carbocycles. The highest BCUT2D eigenvalue weighted by Crippen LogP contribution is 2.08. The number of hydrogen-bond acceptors (Lipinski definition) is 5. The molecule has 0 radical (unpaired) electrons. The van der Waals surface area contributed by atoms with Gasteiger partial charge in [-0.1, -0.05) is 31.5 Å². The van der Waals surface area contributed by atoms with Crippen LogP contribution >= 0.6 is 11.8 Å². The average molecular weight is 365 g/mol. The van der Waals surface area contributed by atoms with Crippen molar-refractivity contribution in [1.29, 1.82) is 0 Å². The summed E-state index contributed by atoms with van der Waals surface area (Å²) in [6, 6.07) is 5.14. The third-order valence-electron chi connectivity index (χ3n) is 3.73. The average Bonchev–Trinajstić information content (AvgIpc) is 2.55. The number of carbonyl (C=O) groups excluding carboxylic acids is 3. The Bertz CT molecular complexity index is 619. The number of thioether (sulfide) groups is 1. The van der Waals surface area contributed by atoms with Gasteiger partial charge in [-0.15, -0.1) is 0 Å². The van der Waals surface area contributed by atoms with E-state index in [4.69, 9.17) is 0 Å². The van der Waals surface area contributed by atoms with Gasteiger partial charge < -0.3 is 20.5 Å². The Morgan fingerprint density at radius 3 is 2.40 bits per heavy atom. The van der Waals surface area contributed by atoms with Gasteiger partial charge >= 0.3 is 0 Å². The Labute approximate surface area is 152 Å². The molecule has 7 heteroatoms. The van der Waals surface area contributed by atoms with Gasteiger partial charge in [-0.05, 0) is 43.4 Å². The van der Waals surface area contributed by atoms with Gasteiger partial charge in [-0.25, -0.2) is 0 Å². The molecule has 0 saturated heterocycles. The third-order valence-corrected chi connectivity index (χ3v) is 4.37. The normalized spacial score (nSPS) is 13.2. The molecule has 25 heavy (non-hydrogen) atoms. The second kappa shape index (κ2) is 10.1. The molecule has 2 amide bonds. The zero-order chi connectivity index (χ0) is 19.0. The van der Waals surface area contributed by atoms with E-state index in [2.05, 4.69) is 10.6 Å². The lowest BCUT2D eigenvalue weighted by atomic mass is 10.0. The van der Waals surface area contributed by atoms with Crippen molar-refractivity contribution in [2.24, 2.45) is 5.92 Å². The molecule has 0 aliphatic heterocycles. The predicted molar refractivity (Wildman–Crippen MR) is 97.2 cm³/mol. The Morgan fingerprint density at radius 1 is 1.20 bits per heavy atom. The lowest BCUT2D eigenvalue weighted by molar-refractivity contribution is -0.308. The van der Waals surface area contributed by atoms with Gasteiger partial charge in [0.15, 0.2) is 0 Å². The van der Waals surface area contributed by atoms with Crippen LogP contribution in [0, 0.1) is 12.8 Å². The number of carbonyl (C=O) groups is 3. The molecule has 2 N–H and O–H groups in total. The van der Waals surface area contributed by atoms with Crippen LogP contribution < -0.4 is 15.7 Å². The largest absolute Gasteiger partial charge is 0.548 e. The van der Waals surface area contributed by atoms with E-state index in [1.807, 2.05) is 19.2 Å². The number of benzene rings is 1. The maximum Gasteiger partial charge on any atom is 0.251 e. The summed E-state index contributed by atoms with van der Waals surface area (Å²) in [5.41, 5.74) is 1.39. The number of nitrogens with one attached hydrogen (secondary N) is 2. The predicted octanol–water partition coefficient (Wildman–Crippen LogP) is 0.737. The Balaban J connectivity index is 2.82. The first-order chi connectivity index (χ1) is 11.8. The van der Waals surface area contributed by atoms with Crippen molar-refractivity contribution >= 4 is 29.5 Å². The van der Waals surface area contributed by atoms with E-state index in [0.717, 1.165) is 5.56 Å². The van der Waals surface area contributed by atoms with Crippen molar-refractivity contribution in [1.82, 2.24) is 10.6 Å². The van der Waals surface area contributed by atoms with Crippen LogP contribution in [0.15, 0.2) is 24.3 Å². The van der Waals surface area contributed by atoms with Crippen molar-refractivity contribution in [3.05, 3.63) is 35.4 Å². The van der Waals surface area contributed by atoms with Gasteiger partial charge in [0, 0.05) is 5.56 Å². The summed E-state index contributed by atoms with van der Waals surface area (Å²) in [6.45, 7) is 5.45. The number of aryl methyl sites for hydroxylation is 1. The minimum atomic E-state index is -1.32. The smallest absolute Gasteiger partial charge is 0.251 e. The molecule has 0 fully saturated rings. The van der Waals surface area contributed by atoms with E-state index in [1.165, 1.54) is 11.8 Å². The minimum Gasteiger partial charge on any atom is -0.548 e. The van der Waals surface area contributed by atoms with Crippen molar-refractivity contribution in [3.63, 3.8) is 0 Å². The first-order valence-electron chi connectivity index (χ1n) is 8.14. The maximum atomic E-state index is 12.5. The molecule has 2 atom stereocenters. The molecule has 0 spiro atoms. The fourth-order valence-corrected chi connectivity index (χ4v) is 2.76. The van der Waals surface area contributed by atoms with Crippen molar-refractivity contribution in [2.75, 3.05) is 12.0 Å². The summed E-state index contributed by atoms with van der Waals surface area (Å²) >= 11 is 1.49. The number of aliphatic carboxylic acids is 1. The van der Waals surface area contributed by atoms with Gasteiger partial charge in [0.2, 0.25) is 5.91 Å². The quantitative estimate of drug-likeness (QED) is 0.672. The molecule has 1 aromatic rings. The topological polar surface area (TPSA) is 98.3 Å². The van der Waals surface area contributed by atoms with Crippen LogP contribution in [0.2, 0.25) is 0 Å². The van der Waals surface area contributed by atoms with Gasteiger partial charge in [0.25, 0.3) is 5.91 Å². The maximum absolute atomic E-state index is 12.5. The Morgan fingerprint density at radius 2 is 1.88 bits per heavy atom. The number of hydrogen-bond donors (Lipinski definition) is 2. The van der Waals surface area contributed by atoms with E-state index in [1.54, 1.807) is 32.0 Å². The molecule has 0 aromatic heterocycles. The van der Waals surface area contributed by atoms with Crippen LogP contribution in [0.25, 0.3) is 0 Å². The summed E-state index contributed by atoms with van der Waals surface area (Å²) in [5.74, 6) is -1.83. The Kier molecular flexibility index (Phi) is 8.48. The summed E-state index contributed by atoms with van der Waals surface area (Å²) in [7, 11) is 0. The van der Waals surface area contributed by atoms with E-state index >= 15 is 0 Å². The monoisotopic (exact) mass is 365 g/mol. The molecule has 1 aromatic carbocycles. The van der Waals surface area contributed by atoms with Crippen LogP contribution in [-0.4, -0.2) is 41.9 Å². The SMILES string of the molecule is CSCC[C@H](NC(=O)[C@@H](NC(=O)c1cccc(C)c1)C(C)C)C(=O)[O-]. The highest BCUT2D eigenvalue weighted by Gasteiger charge is 2.26. The summed E-state index contributed by atoms with van der Waals surface area (Å²) < 4.78 is 0. The van der Waals surface area contributed by atoms with Crippen LogP contribution in [0.3, 0.4) is 0 Å². The van der Waals surface area contributed by atoms with Crippen LogP contribution in [0.5, 0.6) is 0 Å². The molecule has 0 unspecified atom stereocenters. The van der Waals surface area contributed by atoms with Crippen molar-refractivity contribution in [3.8, 4) is 0 Å². The lowest BCUT2D eigenvalue weighted by Crippen LogP contribution is -2.56. The minimum absolute atomic E-state index is 0.197. The molecule has 1 rings (SSSR count). The van der Waals surface area contributed by atoms with E-state index in [0.29, 0.717) is 11.3 Å². The number of amides is 2. The van der Waals surface area contributed by atoms with Crippen LogP contribution in [-0.2, 0) is 9.59 Å². The summed E-state index contributed by atoms with van der Waals surface area (Å²) in [5, 5.41) is 16.4. The second-order valence-electron chi connectivity index (χ2n) is 6.23. The highest BCUT2D eigenvalue weighted by atomic mass is 32.2. The standard InChI is InChI=1S/C18H26N2O4S/c1-11(2)15(17(22)19-14(18(23)24)8-9-25-4)20-16(21)13-7-5-6-12(3)10-13/h5-7,10-11,14-15H,8-9H2,1-4H3,(H,19,22)(H,20,21)(H,23,24)/p-1/t14-,15-/m0/s1. The number of rotatable bonds is 9. The molecule has 6 nitrogen and oxygen atoms in total. The zero-order valence-electron chi connectivity index (χ0n) is 15.0. The molecule has 138 valence electrons. The van der Waals surface area contributed by atoms with E-state index < -0.39 is 24.0 Å². The fraction of sp³-hybridized carbons (Fsp3) is 0.500. The summed E-state index contributed by atoms with van der Waals surface area (Å²) in [6.07, 6.45) is 2.12. The van der Waals surface area contributed by atoms with Crippen molar-refractivity contribution in [2.45, 2.75) is 39.3 Å². The first kappa shape index (κ1) is 21.0. The molecular weight excluding hydrogens is 340 g/mol. The van der Waals surface area contributed by atoms with Crippen LogP contribution in [0.4, 0.5) is 0 Å². The molecule has 0 aliphatic rings. The number of carboxylic acids is 1. The lowest BCUT2D eigenvalue weighted by Gasteiger charge is -2.26. The van der Waals surface area contributed by atoms with Gasteiger partial charge in [-0.2, -0.15) is 11.8 Å². The first-order valence-corrected chi connectivity index (χ1v) is 9.53. The van der Waals surface area contributed by atoms with E-state index in [9.17, 15) is 19.5 Å². The van der Waals surface area contributed by atoms with Crippen LogP contribution in [0.1, 0.15) is 36.2 Å². The molecule has 0 heterocycles. The fourth-order valence-electron chi connectivity index (χ4n) is 2.29. The second-order valence-corrected chi connectivity index (χ2v) is 7.21. The van der Waals surface area contributed by atoms with E-state index in [-0.39, 0.29) is 18.2 Å². The Hall–Kier alpha value is -2.02. The van der Waals surface area contributed by atoms with Crippen molar-refractivity contribution < 1.29 is 19.5 Å². The van der Waals surface area contributed by atoms with Gasteiger partial charge in [-0.3, -0.25) is 9.59 Å². The highest BCUT2D eigenvalue weighted by molar-refractivity contribution is 7.98. The zero-order valence-corrected chi connectivity index (χ0v) is 15.8.